The van der Waals surface area contributed by atoms with E-state index in [2.05, 4.69) is 12.2 Å². The van der Waals surface area contributed by atoms with Crippen molar-refractivity contribution in [2.24, 2.45) is 5.92 Å². The number of carboxylic acids is 1. The van der Waals surface area contributed by atoms with Gasteiger partial charge in [-0.25, -0.2) is 4.79 Å². The van der Waals surface area contributed by atoms with Crippen LogP contribution in [0.25, 0.3) is 0 Å². The first-order chi connectivity index (χ1) is 8.40. The summed E-state index contributed by atoms with van der Waals surface area (Å²) in [5, 5.41) is 12.1. The third-order valence-corrected chi connectivity index (χ3v) is 4.17. The number of hydrogen-bond donors (Lipinski definition) is 2. The summed E-state index contributed by atoms with van der Waals surface area (Å²) in [6, 6.07) is -0.443. The highest BCUT2D eigenvalue weighted by atomic mass is 32.2. The molecule has 5 nitrogen and oxygen atoms in total. The van der Waals surface area contributed by atoms with Crippen LogP contribution < -0.4 is 5.32 Å². The second-order valence-corrected chi connectivity index (χ2v) is 6.57. The van der Waals surface area contributed by atoms with Crippen molar-refractivity contribution in [2.45, 2.75) is 38.5 Å². The number of rotatable bonds is 4. The molecule has 1 saturated heterocycles. The second-order valence-electron chi connectivity index (χ2n) is 5.03. The fourth-order valence-corrected chi connectivity index (χ4v) is 2.91. The molecule has 1 fully saturated rings. The smallest absolute Gasteiger partial charge is 0.317 e. The average molecular weight is 274 g/mol. The minimum atomic E-state index is -0.878. The van der Waals surface area contributed by atoms with Crippen LogP contribution in [0.5, 0.6) is 0 Å². The van der Waals surface area contributed by atoms with E-state index in [9.17, 15) is 9.59 Å². The molecule has 0 aromatic rings. The number of nitrogens with zero attached hydrogens (tertiary/aromatic N) is 1. The predicted molar refractivity (Wildman–Crippen MR) is 72.9 cm³/mol. The van der Waals surface area contributed by atoms with E-state index in [1.165, 1.54) is 0 Å². The summed E-state index contributed by atoms with van der Waals surface area (Å²) in [6.45, 7) is 7.40. The van der Waals surface area contributed by atoms with Gasteiger partial charge in [-0.15, -0.1) is 0 Å². The minimum absolute atomic E-state index is 0.0262. The summed E-state index contributed by atoms with van der Waals surface area (Å²) in [5.74, 6) is 0.179. The van der Waals surface area contributed by atoms with E-state index in [1.807, 2.05) is 25.6 Å². The zero-order valence-corrected chi connectivity index (χ0v) is 12.0. The number of aliphatic carboxylic acids is 1. The molecule has 0 saturated carbocycles. The van der Waals surface area contributed by atoms with Crippen molar-refractivity contribution in [2.75, 3.05) is 18.8 Å². The Kier molecular flexibility index (Phi) is 5.78. The first-order valence-electron chi connectivity index (χ1n) is 6.29. The molecule has 1 aliphatic heterocycles. The maximum Gasteiger partial charge on any atom is 0.317 e. The van der Waals surface area contributed by atoms with Crippen LogP contribution in [0.3, 0.4) is 0 Å². The molecule has 2 amide bonds. The molecule has 1 aliphatic rings. The highest BCUT2D eigenvalue weighted by molar-refractivity contribution is 7.99. The van der Waals surface area contributed by atoms with Crippen LogP contribution in [0.4, 0.5) is 4.79 Å². The van der Waals surface area contributed by atoms with E-state index < -0.39 is 5.97 Å². The van der Waals surface area contributed by atoms with Gasteiger partial charge >= 0.3 is 12.0 Å². The van der Waals surface area contributed by atoms with Gasteiger partial charge in [-0.3, -0.25) is 4.79 Å². The van der Waals surface area contributed by atoms with E-state index in [-0.39, 0.29) is 24.4 Å². The van der Waals surface area contributed by atoms with Crippen LogP contribution in [0.1, 0.15) is 27.2 Å². The van der Waals surface area contributed by atoms with Gasteiger partial charge in [0.1, 0.15) is 0 Å². The monoisotopic (exact) mass is 274 g/mol. The Bertz CT molecular complexity index is 310. The Balaban J connectivity index is 2.52. The lowest BCUT2D eigenvalue weighted by Crippen LogP contribution is -2.51. The van der Waals surface area contributed by atoms with Gasteiger partial charge in [-0.05, 0) is 5.92 Å². The molecule has 18 heavy (non-hydrogen) atoms. The number of hydrogen-bond acceptors (Lipinski definition) is 3. The van der Waals surface area contributed by atoms with Crippen molar-refractivity contribution < 1.29 is 14.7 Å². The Morgan fingerprint density at radius 3 is 2.67 bits per heavy atom. The maximum atomic E-state index is 12.1. The molecule has 6 heteroatoms. The third kappa shape index (κ3) is 4.76. The summed E-state index contributed by atoms with van der Waals surface area (Å²) in [5.41, 5.74) is 0. The van der Waals surface area contributed by atoms with Gasteiger partial charge in [0.25, 0.3) is 0 Å². The lowest BCUT2D eigenvalue weighted by atomic mass is 10.0. The van der Waals surface area contributed by atoms with E-state index >= 15 is 0 Å². The van der Waals surface area contributed by atoms with Gasteiger partial charge in [0.15, 0.2) is 0 Å². The average Bonchev–Trinajstić information content (AvgIpc) is 2.27. The first-order valence-corrected chi connectivity index (χ1v) is 7.34. The highest BCUT2D eigenvalue weighted by Gasteiger charge is 2.25. The van der Waals surface area contributed by atoms with Crippen LogP contribution >= 0.6 is 11.8 Å². The van der Waals surface area contributed by atoms with E-state index in [0.29, 0.717) is 5.25 Å². The lowest BCUT2D eigenvalue weighted by Gasteiger charge is -2.32. The summed E-state index contributed by atoms with van der Waals surface area (Å²) in [6.07, 6.45) is -0.0262. The van der Waals surface area contributed by atoms with Gasteiger partial charge in [0, 0.05) is 30.1 Å². The zero-order valence-electron chi connectivity index (χ0n) is 11.2. The number of urea groups is 1. The fraction of sp³-hybridized carbons (Fsp3) is 0.833. The molecular formula is C12H22N2O3S. The quantitative estimate of drug-likeness (QED) is 0.817. The number of carbonyl (C=O) groups is 2. The van der Waals surface area contributed by atoms with E-state index in [0.717, 1.165) is 18.8 Å². The maximum absolute atomic E-state index is 12.1. The molecule has 0 radical (unpaired) electrons. The molecule has 2 N–H and O–H groups in total. The van der Waals surface area contributed by atoms with Crippen molar-refractivity contribution in [3.63, 3.8) is 0 Å². The van der Waals surface area contributed by atoms with Gasteiger partial charge in [0.05, 0.1) is 6.42 Å². The normalized spacial score (nSPS) is 21.8. The Hall–Kier alpha value is -0.910. The minimum Gasteiger partial charge on any atom is -0.481 e. The van der Waals surface area contributed by atoms with Crippen molar-refractivity contribution >= 4 is 23.8 Å². The fourth-order valence-electron chi connectivity index (χ4n) is 1.89. The zero-order chi connectivity index (χ0) is 13.7. The number of thioether (sulfide) groups is 1. The number of amides is 2. The van der Waals surface area contributed by atoms with E-state index in [4.69, 9.17) is 5.11 Å². The molecular weight excluding hydrogens is 252 g/mol. The SMILES string of the molecule is CC1CN(C(=O)NC(CC(=O)O)C(C)C)CCS1. The van der Waals surface area contributed by atoms with Crippen molar-refractivity contribution in [3.8, 4) is 0 Å². The molecule has 2 unspecified atom stereocenters. The first kappa shape index (κ1) is 15.1. The molecule has 1 rings (SSSR count). The van der Waals surface area contributed by atoms with Gasteiger partial charge in [-0.1, -0.05) is 20.8 Å². The Labute approximate surface area is 112 Å². The molecule has 0 spiro atoms. The molecule has 0 aliphatic carbocycles. The Morgan fingerprint density at radius 2 is 2.17 bits per heavy atom. The summed E-state index contributed by atoms with van der Waals surface area (Å²) in [4.78, 5) is 24.6. The van der Waals surface area contributed by atoms with Gasteiger partial charge in [-0.2, -0.15) is 11.8 Å². The summed E-state index contributed by atoms with van der Waals surface area (Å²) in [7, 11) is 0. The van der Waals surface area contributed by atoms with E-state index in [1.54, 1.807) is 4.90 Å². The highest BCUT2D eigenvalue weighted by Crippen LogP contribution is 2.18. The van der Waals surface area contributed by atoms with Crippen molar-refractivity contribution in [1.29, 1.82) is 0 Å². The molecule has 0 aromatic heterocycles. The molecule has 104 valence electrons. The summed E-state index contributed by atoms with van der Waals surface area (Å²) < 4.78 is 0. The lowest BCUT2D eigenvalue weighted by molar-refractivity contribution is -0.137. The summed E-state index contributed by atoms with van der Waals surface area (Å²) >= 11 is 1.86. The van der Waals surface area contributed by atoms with Crippen LogP contribution in [-0.2, 0) is 4.79 Å². The van der Waals surface area contributed by atoms with Gasteiger partial charge < -0.3 is 15.3 Å². The largest absolute Gasteiger partial charge is 0.481 e. The third-order valence-electron chi connectivity index (χ3n) is 3.04. The predicted octanol–water partition coefficient (Wildman–Crippen LogP) is 1.63. The van der Waals surface area contributed by atoms with Crippen LogP contribution in [-0.4, -0.2) is 52.1 Å². The molecule has 0 aromatic carbocycles. The van der Waals surface area contributed by atoms with Crippen LogP contribution in [0.15, 0.2) is 0 Å². The number of carboxylic acid groups (broad SMARTS) is 1. The molecule has 2 atom stereocenters. The van der Waals surface area contributed by atoms with Crippen molar-refractivity contribution in [3.05, 3.63) is 0 Å². The topological polar surface area (TPSA) is 69.6 Å². The standard InChI is InChI=1S/C12H22N2O3S/c1-8(2)10(6-11(15)16)13-12(17)14-4-5-18-9(3)7-14/h8-10H,4-7H2,1-3H3,(H,13,17)(H,15,16). The molecule has 1 heterocycles. The molecule has 0 bridgehead atoms. The van der Waals surface area contributed by atoms with Crippen LogP contribution in [0.2, 0.25) is 0 Å². The second kappa shape index (κ2) is 6.87. The van der Waals surface area contributed by atoms with Gasteiger partial charge in [0.2, 0.25) is 0 Å². The number of carbonyl (C=O) groups excluding carboxylic acids is 1. The Morgan fingerprint density at radius 1 is 1.50 bits per heavy atom. The van der Waals surface area contributed by atoms with Crippen molar-refractivity contribution in [1.82, 2.24) is 10.2 Å². The number of nitrogens with one attached hydrogen (secondary N) is 1. The van der Waals surface area contributed by atoms with Crippen LogP contribution in [0, 0.1) is 5.92 Å².